The Hall–Kier alpha value is -1.45. The minimum absolute atomic E-state index is 0.150. The Balaban J connectivity index is 2.77. The quantitative estimate of drug-likeness (QED) is 0.624. The number of ether oxygens (including phenoxy) is 1. The second-order valence-electron chi connectivity index (χ2n) is 4.19. The third-order valence-electron chi connectivity index (χ3n) is 2.69. The van der Waals surface area contributed by atoms with Gasteiger partial charge in [0.1, 0.15) is 6.04 Å². The van der Waals surface area contributed by atoms with Gasteiger partial charge in [-0.3, -0.25) is 4.79 Å². The van der Waals surface area contributed by atoms with Gasteiger partial charge in [0.05, 0.1) is 6.33 Å². The molecule has 0 fully saturated rings. The molecule has 1 aromatic heterocycles. The molecule has 1 heterocycles. The van der Waals surface area contributed by atoms with Crippen molar-refractivity contribution in [1.82, 2.24) is 14.3 Å². The summed E-state index contributed by atoms with van der Waals surface area (Å²) in [5, 5.41) is 8.86. The van der Waals surface area contributed by atoms with Crippen LogP contribution in [-0.4, -0.2) is 48.8 Å². The molecule has 1 aromatic rings. The number of methoxy groups -OCH3 is 1. The van der Waals surface area contributed by atoms with E-state index in [4.69, 9.17) is 9.84 Å². The van der Waals surface area contributed by atoms with Gasteiger partial charge in [0, 0.05) is 26.5 Å². The van der Waals surface area contributed by atoms with Gasteiger partial charge >= 0.3 is 5.97 Å². The molecule has 0 aliphatic carbocycles. The van der Waals surface area contributed by atoms with Crippen molar-refractivity contribution < 1.29 is 23.1 Å². The largest absolute Gasteiger partial charge is 0.480 e. The highest BCUT2D eigenvalue weighted by molar-refractivity contribution is 7.89. The lowest BCUT2D eigenvalue weighted by Gasteiger charge is -2.13. The molecule has 114 valence electrons. The Morgan fingerprint density at radius 3 is 2.80 bits per heavy atom. The molecule has 0 radical (unpaired) electrons. The Morgan fingerprint density at radius 1 is 1.60 bits per heavy atom. The molecule has 0 saturated heterocycles. The van der Waals surface area contributed by atoms with E-state index in [-0.39, 0.29) is 11.4 Å². The van der Waals surface area contributed by atoms with Gasteiger partial charge in [-0.05, 0) is 19.8 Å². The fraction of sp³-hybridized carbons (Fsp3) is 0.636. The van der Waals surface area contributed by atoms with Crippen LogP contribution in [0, 0.1) is 0 Å². The number of imidazole rings is 1. The van der Waals surface area contributed by atoms with Gasteiger partial charge in [0.2, 0.25) is 0 Å². The van der Waals surface area contributed by atoms with Crippen LogP contribution in [0.5, 0.6) is 0 Å². The third-order valence-corrected chi connectivity index (χ3v) is 4.04. The molecule has 0 spiro atoms. The smallest absolute Gasteiger partial charge is 0.321 e. The van der Waals surface area contributed by atoms with Crippen molar-refractivity contribution in [2.75, 3.05) is 13.7 Å². The van der Waals surface area contributed by atoms with Crippen molar-refractivity contribution in [3.8, 4) is 0 Å². The van der Waals surface area contributed by atoms with E-state index in [9.17, 15) is 13.2 Å². The average Bonchev–Trinajstić information content (AvgIpc) is 2.87. The Kier molecular flexibility index (Phi) is 6.11. The van der Waals surface area contributed by atoms with Crippen LogP contribution >= 0.6 is 0 Å². The van der Waals surface area contributed by atoms with Crippen LogP contribution in [0.3, 0.4) is 0 Å². The van der Waals surface area contributed by atoms with Gasteiger partial charge in [-0.1, -0.05) is 0 Å². The summed E-state index contributed by atoms with van der Waals surface area (Å²) in [4.78, 5) is 14.8. The first-order valence-corrected chi connectivity index (χ1v) is 7.65. The zero-order valence-electron chi connectivity index (χ0n) is 11.4. The van der Waals surface area contributed by atoms with Crippen LogP contribution in [0.1, 0.15) is 19.8 Å². The molecule has 8 nitrogen and oxygen atoms in total. The predicted molar refractivity (Wildman–Crippen MR) is 70.8 cm³/mol. The summed E-state index contributed by atoms with van der Waals surface area (Å²) in [5.74, 6) is -1.22. The second-order valence-corrected chi connectivity index (χ2v) is 5.85. The predicted octanol–water partition coefficient (Wildman–Crippen LogP) is 0.0611. The molecule has 2 N–H and O–H groups in total. The Bertz CT molecular complexity index is 540. The number of aromatic nitrogens is 2. The van der Waals surface area contributed by atoms with E-state index in [1.165, 1.54) is 19.6 Å². The molecule has 0 aromatic carbocycles. The number of carbonyl (C=O) groups is 1. The first-order valence-electron chi connectivity index (χ1n) is 6.16. The molecule has 1 unspecified atom stereocenters. The van der Waals surface area contributed by atoms with E-state index in [1.54, 1.807) is 4.57 Å². The molecular formula is C11H19N3O5S. The highest BCUT2D eigenvalue weighted by Gasteiger charge is 2.26. The van der Waals surface area contributed by atoms with Gasteiger partial charge in [-0.25, -0.2) is 13.4 Å². The van der Waals surface area contributed by atoms with Crippen molar-refractivity contribution in [1.29, 1.82) is 0 Å². The lowest BCUT2D eigenvalue weighted by Crippen LogP contribution is -2.41. The van der Waals surface area contributed by atoms with Crippen molar-refractivity contribution in [3.63, 3.8) is 0 Å². The van der Waals surface area contributed by atoms with Gasteiger partial charge < -0.3 is 14.4 Å². The van der Waals surface area contributed by atoms with Crippen LogP contribution in [0.4, 0.5) is 0 Å². The third kappa shape index (κ3) is 4.58. The second kappa shape index (κ2) is 7.36. The number of hydrogen-bond acceptors (Lipinski definition) is 5. The molecule has 20 heavy (non-hydrogen) atoms. The average molecular weight is 305 g/mol. The summed E-state index contributed by atoms with van der Waals surface area (Å²) in [6, 6.07) is -1.19. The molecule has 1 atom stereocenters. The fourth-order valence-electron chi connectivity index (χ4n) is 1.56. The van der Waals surface area contributed by atoms with Crippen molar-refractivity contribution in [3.05, 3.63) is 12.5 Å². The highest BCUT2D eigenvalue weighted by atomic mass is 32.2. The maximum Gasteiger partial charge on any atom is 0.321 e. The number of hydrogen-bond donors (Lipinski definition) is 2. The number of aryl methyl sites for hydroxylation is 1. The lowest BCUT2D eigenvalue weighted by molar-refractivity contribution is -0.139. The van der Waals surface area contributed by atoms with Gasteiger partial charge in [-0.2, -0.15) is 4.72 Å². The first kappa shape index (κ1) is 16.6. The Morgan fingerprint density at radius 2 is 2.30 bits per heavy atom. The summed E-state index contributed by atoms with van der Waals surface area (Å²) >= 11 is 0. The normalized spacial score (nSPS) is 13.3. The number of carboxylic acids is 1. The zero-order valence-corrected chi connectivity index (χ0v) is 12.3. The molecule has 9 heteroatoms. The minimum atomic E-state index is -3.93. The van der Waals surface area contributed by atoms with E-state index in [0.29, 0.717) is 19.6 Å². The van der Waals surface area contributed by atoms with Gasteiger partial charge in [0.15, 0.2) is 5.03 Å². The van der Waals surface area contributed by atoms with Gasteiger partial charge in [-0.15, -0.1) is 0 Å². The van der Waals surface area contributed by atoms with E-state index < -0.39 is 22.0 Å². The standard InChI is InChI=1S/C11H19N3O5S/c1-3-14-7-10(12-8-14)20(17,18)13-9(11(15)16)5-4-6-19-2/h7-9,13H,3-6H2,1-2H3,(H,15,16). The fourth-order valence-corrected chi connectivity index (χ4v) is 2.74. The topological polar surface area (TPSA) is 111 Å². The minimum Gasteiger partial charge on any atom is -0.480 e. The van der Waals surface area contributed by atoms with Crippen molar-refractivity contribution in [2.45, 2.75) is 37.4 Å². The lowest BCUT2D eigenvalue weighted by atomic mass is 10.2. The SMILES string of the molecule is CCn1cnc(S(=O)(=O)NC(CCCOC)C(=O)O)c1. The zero-order chi connectivity index (χ0) is 15.2. The number of sulfonamides is 1. The number of rotatable bonds is 9. The molecule has 0 amide bonds. The molecule has 0 aliphatic rings. The first-order chi connectivity index (χ1) is 9.40. The molecule has 0 saturated carbocycles. The van der Waals surface area contributed by atoms with E-state index in [0.717, 1.165) is 0 Å². The highest BCUT2D eigenvalue weighted by Crippen LogP contribution is 2.08. The van der Waals surface area contributed by atoms with E-state index >= 15 is 0 Å². The van der Waals surface area contributed by atoms with Crippen molar-refractivity contribution >= 4 is 16.0 Å². The summed E-state index contributed by atoms with van der Waals surface area (Å²) < 4.78 is 32.6. The van der Waals surface area contributed by atoms with Crippen LogP contribution in [0.25, 0.3) is 0 Å². The summed E-state index contributed by atoms with van der Waals surface area (Å²) in [6.07, 6.45) is 3.34. The van der Waals surface area contributed by atoms with Crippen LogP contribution < -0.4 is 4.72 Å². The molecule has 1 rings (SSSR count). The number of nitrogens with one attached hydrogen (secondary N) is 1. The van der Waals surface area contributed by atoms with E-state index in [2.05, 4.69) is 9.71 Å². The maximum absolute atomic E-state index is 12.0. The molecular weight excluding hydrogens is 286 g/mol. The number of nitrogens with zero attached hydrogens (tertiary/aromatic N) is 2. The summed E-state index contributed by atoms with van der Waals surface area (Å²) in [5.41, 5.74) is 0. The monoisotopic (exact) mass is 305 g/mol. The van der Waals surface area contributed by atoms with Crippen LogP contribution in [0.15, 0.2) is 17.6 Å². The summed E-state index contributed by atoms with van der Waals surface area (Å²) in [6.45, 7) is 2.80. The number of carboxylic acid groups (broad SMARTS) is 1. The summed E-state index contributed by atoms with van der Waals surface area (Å²) in [7, 11) is -2.44. The van der Waals surface area contributed by atoms with Crippen LogP contribution in [-0.2, 0) is 26.1 Å². The molecule has 0 bridgehead atoms. The van der Waals surface area contributed by atoms with E-state index in [1.807, 2.05) is 6.92 Å². The van der Waals surface area contributed by atoms with Crippen LogP contribution in [0.2, 0.25) is 0 Å². The maximum atomic E-state index is 12.0. The number of aliphatic carboxylic acids is 1. The van der Waals surface area contributed by atoms with Crippen molar-refractivity contribution in [2.24, 2.45) is 0 Å². The molecule has 0 aliphatic heterocycles. The Labute approximate surface area is 117 Å². The van der Waals surface area contributed by atoms with Gasteiger partial charge in [0.25, 0.3) is 10.0 Å².